The number of nitrogens with two attached hydrogens (primary N) is 1. The quantitative estimate of drug-likeness (QED) is 0.0889. The zero-order chi connectivity index (χ0) is 38.5. The van der Waals surface area contributed by atoms with Gasteiger partial charge < -0.3 is 102 Å². The van der Waals surface area contributed by atoms with Crippen molar-refractivity contribution in [3.05, 3.63) is 12.7 Å². The van der Waals surface area contributed by atoms with Crippen LogP contribution in [0.4, 0.5) is 5.82 Å². The molecule has 0 spiro atoms. The van der Waals surface area contributed by atoms with E-state index in [0.717, 1.165) is 0 Å². The Kier molecular flexibility index (Phi) is 12.3. The standard InChI is InChI=1S/C27H46N9O16P/c28-2-9-21(52-53(44,45)46-4-11-16(40)18(42)25(47-11)36-6-35-13-23(32)33-5-34-24(13)36)17(41)12(31)26(48-9)50-20-8(30)1-7(29)14(38)22(20)51-27-19(43)15(39)10(3-37)49-27/h5-12,14-22,25-27,37-43H,1-4,28-31H2,(H,44,45)(H2,32,33,34)/p+3/t7-,8+,9-,10-,11-,12-,14+,15-,16-,17-,18-,19-,20-,21-,22-,25-,26-,27+/m1/s1. The number of aliphatic hydroxyl groups excluding tert-OH is 7. The summed E-state index contributed by atoms with van der Waals surface area (Å²) in [4.78, 5) is 25.1. The number of rotatable bonds is 12. The zero-order valence-corrected chi connectivity index (χ0v) is 29.2. The fraction of sp³-hybridized carbons (Fsp3) is 0.815. The van der Waals surface area contributed by atoms with Crippen molar-refractivity contribution in [1.82, 2.24) is 19.5 Å². The summed E-state index contributed by atoms with van der Waals surface area (Å²) < 4.78 is 53.8. The van der Waals surface area contributed by atoms with Gasteiger partial charge in [0, 0.05) is 0 Å². The lowest BCUT2D eigenvalue weighted by Gasteiger charge is -2.45. The minimum absolute atomic E-state index is 0.0713. The molecule has 4 fully saturated rings. The van der Waals surface area contributed by atoms with Gasteiger partial charge in [0.15, 0.2) is 30.0 Å². The first-order chi connectivity index (χ1) is 25.1. The lowest BCUT2D eigenvalue weighted by molar-refractivity contribution is -0.536. The van der Waals surface area contributed by atoms with Crippen molar-refractivity contribution in [2.24, 2.45) is 0 Å². The van der Waals surface area contributed by atoms with Crippen molar-refractivity contribution in [3.8, 4) is 0 Å². The maximum atomic E-state index is 13.1. The number of hydrogen-bond acceptors (Lipinski definition) is 20. The molecule has 3 saturated heterocycles. The molecule has 26 heteroatoms. The van der Waals surface area contributed by atoms with Crippen LogP contribution in [0.3, 0.4) is 0 Å². The van der Waals surface area contributed by atoms with Crippen LogP contribution in [-0.4, -0.2) is 179 Å². The number of quaternary nitrogens is 4. The third-order valence-corrected chi connectivity index (χ3v) is 11.0. The Morgan fingerprint density at radius 1 is 0.849 bits per heavy atom. The molecular weight excluding hydrogens is 737 g/mol. The van der Waals surface area contributed by atoms with Crippen molar-refractivity contribution in [2.45, 2.75) is 117 Å². The monoisotopic (exact) mass is 786 g/mol. The topological polar surface area (TPSA) is 427 Å². The third-order valence-electron chi connectivity index (χ3n) is 10.0. The van der Waals surface area contributed by atoms with Gasteiger partial charge in [0.25, 0.3) is 7.82 Å². The van der Waals surface area contributed by atoms with Gasteiger partial charge in [0.05, 0.1) is 26.0 Å². The molecule has 0 aromatic carbocycles. The number of fused-ring (bicyclic) bond motifs is 1. The number of ether oxygens (including phenoxy) is 5. The number of phosphoric acid groups is 1. The normalized spacial score (nSPS) is 44.8. The van der Waals surface area contributed by atoms with Crippen LogP contribution in [0.25, 0.3) is 11.2 Å². The highest BCUT2D eigenvalue weighted by atomic mass is 31.2. The van der Waals surface area contributed by atoms with Crippen LogP contribution in [0.5, 0.6) is 0 Å². The number of imidazole rings is 1. The van der Waals surface area contributed by atoms with Gasteiger partial charge in [0.2, 0.25) is 6.29 Å². The number of phosphoric ester groups is 1. The molecule has 0 radical (unpaired) electrons. The van der Waals surface area contributed by atoms with E-state index in [0.29, 0.717) is 0 Å². The van der Waals surface area contributed by atoms with Crippen LogP contribution in [0, 0.1) is 0 Å². The highest BCUT2D eigenvalue weighted by Gasteiger charge is 2.56. The molecule has 25 nitrogen and oxygen atoms in total. The summed E-state index contributed by atoms with van der Waals surface area (Å²) in [7, 11) is -5.29. The highest BCUT2D eigenvalue weighted by molar-refractivity contribution is 7.45. The van der Waals surface area contributed by atoms with Crippen molar-refractivity contribution in [3.63, 3.8) is 0 Å². The summed E-state index contributed by atoms with van der Waals surface area (Å²) >= 11 is 0. The van der Waals surface area contributed by atoms with E-state index >= 15 is 0 Å². The van der Waals surface area contributed by atoms with Crippen LogP contribution in [0.1, 0.15) is 12.6 Å². The van der Waals surface area contributed by atoms with E-state index in [9.17, 15) is 45.2 Å². The average molecular weight is 787 g/mol. The number of aliphatic hydroxyl groups is 7. The second kappa shape index (κ2) is 16.1. The molecule has 1 unspecified atom stereocenters. The lowest BCUT2D eigenvalue weighted by atomic mass is 9.84. The fourth-order valence-corrected chi connectivity index (χ4v) is 7.94. The summed E-state index contributed by atoms with van der Waals surface area (Å²) in [5, 5.41) is 73.7. The SMILES string of the molecule is Nc1ncnc2c1ncn2[C@@H]1O[C@H](COP(=O)([O-])O[C@H]2[C@H](O)[C@@H]([NH3+])[C@@H](O[C@H]3[C@H](O[C@@H]4O[C@H](CO)[C@@H](O)[C@H]4O)[C@@H](O)[C@H]([NH3+])C[C@@H]3[NH3+])O[C@@H]2C[NH3+])[C@@H](O)[C@H]1O. The molecule has 6 rings (SSSR count). The molecule has 2 aromatic rings. The third kappa shape index (κ3) is 7.94. The predicted octanol–water partition coefficient (Wildman–Crippen LogP) is -11.0. The van der Waals surface area contributed by atoms with Crippen LogP contribution < -0.4 is 33.6 Å². The van der Waals surface area contributed by atoms with Gasteiger partial charge in [-0.05, 0) is 0 Å². The van der Waals surface area contributed by atoms with Crippen molar-refractivity contribution < 1.29 is 101 Å². The second-order valence-electron chi connectivity index (χ2n) is 13.6. The largest absolute Gasteiger partial charge is 0.756 e. The number of aromatic nitrogens is 4. The van der Waals surface area contributed by atoms with E-state index < -0.39 is 131 Å². The molecule has 300 valence electrons. The van der Waals surface area contributed by atoms with E-state index in [1.165, 1.54) is 17.2 Å². The average Bonchev–Trinajstić information content (AvgIpc) is 3.77. The zero-order valence-electron chi connectivity index (χ0n) is 28.3. The molecule has 1 aliphatic carbocycles. The number of anilines is 1. The first-order valence-corrected chi connectivity index (χ1v) is 18.3. The first kappa shape index (κ1) is 40.5. The molecule has 19 atom stereocenters. The van der Waals surface area contributed by atoms with E-state index in [2.05, 4.69) is 37.9 Å². The Labute approximate surface area is 300 Å². The molecular formula is C27H49N9O16P+3. The van der Waals surface area contributed by atoms with Gasteiger partial charge in [-0.3, -0.25) is 9.13 Å². The smallest absolute Gasteiger partial charge is 0.268 e. The van der Waals surface area contributed by atoms with Gasteiger partial charge in [-0.1, -0.05) is 0 Å². The lowest BCUT2D eigenvalue weighted by Crippen LogP contribution is -2.84. The maximum absolute atomic E-state index is 13.1. The molecule has 0 amide bonds. The first-order valence-electron chi connectivity index (χ1n) is 16.9. The van der Waals surface area contributed by atoms with Gasteiger partial charge in [0.1, 0.15) is 104 Å². The van der Waals surface area contributed by atoms with Crippen LogP contribution in [0.15, 0.2) is 12.7 Å². The predicted molar refractivity (Wildman–Crippen MR) is 165 cm³/mol. The van der Waals surface area contributed by atoms with Crippen LogP contribution in [0.2, 0.25) is 0 Å². The van der Waals surface area contributed by atoms with E-state index in [-0.39, 0.29) is 29.9 Å². The van der Waals surface area contributed by atoms with Gasteiger partial charge in [-0.2, -0.15) is 0 Å². The Balaban J connectivity index is 1.09. The van der Waals surface area contributed by atoms with Gasteiger partial charge in [-0.15, -0.1) is 0 Å². The Bertz CT molecular complexity index is 1600. The fourth-order valence-electron chi connectivity index (χ4n) is 7.00. The number of nitrogens with zero attached hydrogens (tertiary/aromatic N) is 4. The van der Waals surface area contributed by atoms with Crippen molar-refractivity contribution in [2.75, 3.05) is 25.5 Å². The highest BCUT2D eigenvalue weighted by Crippen LogP contribution is 2.44. The molecule has 4 aliphatic rings. The van der Waals surface area contributed by atoms with Crippen molar-refractivity contribution >= 4 is 24.8 Å². The van der Waals surface area contributed by atoms with Crippen molar-refractivity contribution in [1.29, 1.82) is 0 Å². The Morgan fingerprint density at radius 2 is 1.53 bits per heavy atom. The summed E-state index contributed by atoms with van der Waals surface area (Å²) in [6, 6.07) is -2.39. The molecule has 0 bridgehead atoms. The molecule has 3 aliphatic heterocycles. The Morgan fingerprint density at radius 3 is 2.21 bits per heavy atom. The van der Waals surface area contributed by atoms with Crippen LogP contribution in [-0.2, 0) is 37.3 Å². The molecule has 53 heavy (non-hydrogen) atoms. The molecule has 2 aromatic heterocycles. The molecule has 21 N–H and O–H groups in total. The summed E-state index contributed by atoms with van der Waals surface area (Å²) in [6.07, 6.45) is -18.1. The minimum Gasteiger partial charge on any atom is -0.756 e. The van der Waals surface area contributed by atoms with Gasteiger partial charge in [-0.25, -0.2) is 15.0 Å². The summed E-state index contributed by atoms with van der Waals surface area (Å²) in [5.74, 6) is 0.0713. The molecule has 5 heterocycles. The van der Waals surface area contributed by atoms with E-state index in [4.69, 9.17) is 38.5 Å². The molecule has 1 saturated carbocycles. The van der Waals surface area contributed by atoms with Crippen LogP contribution >= 0.6 is 7.82 Å². The summed E-state index contributed by atoms with van der Waals surface area (Å²) in [5.41, 5.74) is 21.9. The Hall–Kier alpha value is -2.18. The van der Waals surface area contributed by atoms with Gasteiger partial charge >= 0.3 is 0 Å². The second-order valence-corrected chi connectivity index (χ2v) is 14.9. The van der Waals surface area contributed by atoms with E-state index in [1.807, 2.05) is 0 Å². The number of nitrogen functional groups attached to an aromatic ring is 1. The minimum atomic E-state index is -5.29. The number of hydrogen-bond donors (Lipinski definition) is 12. The maximum Gasteiger partial charge on any atom is 0.268 e. The van der Waals surface area contributed by atoms with E-state index in [1.54, 1.807) is 0 Å². The summed E-state index contributed by atoms with van der Waals surface area (Å²) in [6.45, 7) is -1.54.